The lowest BCUT2D eigenvalue weighted by molar-refractivity contribution is 0.0951. The number of carbonyl (C=O) groups is 1. The van der Waals surface area contributed by atoms with Crippen LogP contribution in [0.3, 0.4) is 0 Å². The number of benzene rings is 1. The first kappa shape index (κ1) is 14.1. The van der Waals surface area contributed by atoms with E-state index in [1.807, 2.05) is 6.92 Å². The highest BCUT2D eigenvalue weighted by Gasteiger charge is 2.14. The van der Waals surface area contributed by atoms with E-state index >= 15 is 0 Å². The lowest BCUT2D eigenvalue weighted by atomic mass is 10.1. The van der Waals surface area contributed by atoms with Crippen LogP contribution in [-0.2, 0) is 6.54 Å². The van der Waals surface area contributed by atoms with Gasteiger partial charge in [-0.2, -0.15) is 0 Å². The van der Waals surface area contributed by atoms with Crippen molar-refractivity contribution < 1.29 is 13.6 Å². The van der Waals surface area contributed by atoms with Crippen LogP contribution in [0.2, 0.25) is 0 Å². The molecule has 1 aromatic heterocycles. The van der Waals surface area contributed by atoms with Gasteiger partial charge in [-0.3, -0.25) is 4.79 Å². The summed E-state index contributed by atoms with van der Waals surface area (Å²) in [5, 5.41) is 5.69. The summed E-state index contributed by atoms with van der Waals surface area (Å²) in [6.07, 6.45) is 3.95. The molecule has 0 bridgehead atoms. The Hall–Kier alpha value is -2.30. The largest absolute Gasteiger partial charge is 0.472 e. The summed E-state index contributed by atoms with van der Waals surface area (Å²) in [6, 6.07) is 6.23. The molecule has 0 saturated carbocycles. The van der Waals surface area contributed by atoms with E-state index in [2.05, 4.69) is 10.6 Å². The van der Waals surface area contributed by atoms with E-state index in [9.17, 15) is 9.18 Å². The first-order chi connectivity index (χ1) is 9.72. The molecule has 0 fully saturated rings. The van der Waals surface area contributed by atoms with Crippen molar-refractivity contribution in [2.45, 2.75) is 19.9 Å². The average Bonchev–Trinajstić information content (AvgIpc) is 2.96. The molecule has 0 aliphatic rings. The Morgan fingerprint density at radius 2 is 2.20 bits per heavy atom. The number of hydrogen-bond acceptors (Lipinski definition) is 3. The van der Waals surface area contributed by atoms with Gasteiger partial charge in [-0.15, -0.1) is 0 Å². The first-order valence-electron chi connectivity index (χ1n) is 6.54. The van der Waals surface area contributed by atoms with E-state index < -0.39 is 5.82 Å². The lowest BCUT2D eigenvalue weighted by Gasteiger charge is -2.12. The summed E-state index contributed by atoms with van der Waals surface area (Å²) in [6.45, 7) is 2.94. The standard InChI is InChI=1S/C15H17FN2O2/c1-2-7-17-14-12(4-3-5-13(14)16)15(19)18-9-11-6-8-20-10-11/h3-6,8,10,17H,2,7,9H2,1H3,(H,18,19). The van der Waals surface area contributed by atoms with Crippen molar-refractivity contribution in [2.24, 2.45) is 0 Å². The fourth-order valence-electron chi connectivity index (χ4n) is 1.81. The van der Waals surface area contributed by atoms with Gasteiger partial charge in [-0.05, 0) is 24.6 Å². The molecule has 0 radical (unpaired) electrons. The second kappa shape index (κ2) is 6.75. The molecular formula is C15H17FN2O2. The highest BCUT2D eigenvalue weighted by molar-refractivity contribution is 5.99. The van der Waals surface area contributed by atoms with Crippen LogP contribution in [0.5, 0.6) is 0 Å². The molecule has 0 atom stereocenters. The Morgan fingerprint density at radius 3 is 2.90 bits per heavy atom. The maximum Gasteiger partial charge on any atom is 0.253 e. The van der Waals surface area contributed by atoms with Crippen LogP contribution in [0.4, 0.5) is 10.1 Å². The van der Waals surface area contributed by atoms with Crippen LogP contribution in [0, 0.1) is 5.82 Å². The molecule has 5 heteroatoms. The second-order valence-electron chi connectivity index (χ2n) is 4.40. The number of para-hydroxylation sites is 1. The molecule has 106 valence electrons. The highest BCUT2D eigenvalue weighted by atomic mass is 19.1. The number of carbonyl (C=O) groups excluding carboxylic acids is 1. The van der Waals surface area contributed by atoms with E-state index in [-0.39, 0.29) is 11.6 Å². The number of rotatable bonds is 6. The van der Waals surface area contributed by atoms with Crippen molar-refractivity contribution in [2.75, 3.05) is 11.9 Å². The SMILES string of the molecule is CCCNc1c(F)cccc1C(=O)NCc1ccoc1. The molecule has 1 heterocycles. The van der Waals surface area contributed by atoms with Gasteiger partial charge >= 0.3 is 0 Å². The summed E-state index contributed by atoms with van der Waals surface area (Å²) in [7, 11) is 0. The van der Waals surface area contributed by atoms with Crippen LogP contribution in [0.1, 0.15) is 29.3 Å². The molecule has 0 aliphatic heterocycles. The molecule has 1 aromatic carbocycles. The number of halogens is 1. The van der Waals surface area contributed by atoms with Crippen LogP contribution < -0.4 is 10.6 Å². The minimum atomic E-state index is -0.422. The number of furan rings is 1. The maximum atomic E-state index is 13.8. The van der Waals surface area contributed by atoms with Crippen molar-refractivity contribution in [3.8, 4) is 0 Å². The van der Waals surface area contributed by atoms with Crippen molar-refractivity contribution in [1.29, 1.82) is 0 Å². The molecule has 0 unspecified atom stereocenters. The van der Waals surface area contributed by atoms with E-state index in [1.165, 1.54) is 18.4 Å². The van der Waals surface area contributed by atoms with Gasteiger partial charge in [-0.1, -0.05) is 13.0 Å². The second-order valence-corrected chi connectivity index (χ2v) is 4.40. The van der Waals surface area contributed by atoms with Crippen LogP contribution in [-0.4, -0.2) is 12.5 Å². The molecule has 1 amide bonds. The Morgan fingerprint density at radius 1 is 1.35 bits per heavy atom. The lowest BCUT2D eigenvalue weighted by Crippen LogP contribution is -2.24. The van der Waals surface area contributed by atoms with Gasteiger partial charge in [0.25, 0.3) is 5.91 Å². The topological polar surface area (TPSA) is 54.3 Å². The van der Waals surface area contributed by atoms with E-state index in [0.29, 0.717) is 18.7 Å². The van der Waals surface area contributed by atoms with E-state index in [1.54, 1.807) is 18.4 Å². The molecule has 0 spiro atoms. The zero-order valence-corrected chi connectivity index (χ0v) is 11.3. The van der Waals surface area contributed by atoms with Gasteiger partial charge in [-0.25, -0.2) is 4.39 Å². The summed E-state index contributed by atoms with van der Waals surface area (Å²) in [4.78, 5) is 12.1. The Balaban J connectivity index is 2.10. The normalized spacial score (nSPS) is 10.3. The number of hydrogen-bond donors (Lipinski definition) is 2. The summed E-state index contributed by atoms with van der Waals surface area (Å²) in [5.74, 6) is -0.737. The Labute approximate surface area is 117 Å². The quantitative estimate of drug-likeness (QED) is 0.852. The molecule has 20 heavy (non-hydrogen) atoms. The Kier molecular flexibility index (Phi) is 4.76. The van der Waals surface area contributed by atoms with Crippen molar-refractivity contribution in [3.63, 3.8) is 0 Å². The zero-order valence-electron chi connectivity index (χ0n) is 11.3. The monoisotopic (exact) mass is 276 g/mol. The molecular weight excluding hydrogens is 259 g/mol. The predicted octanol–water partition coefficient (Wildman–Crippen LogP) is 3.17. The van der Waals surface area contributed by atoms with E-state index in [4.69, 9.17) is 4.42 Å². The fraction of sp³-hybridized carbons (Fsp3) is 0.267. The summed E-state index contributed by atoms with van der Waals surface area (Å²) < 4.78 is 18.7. The number of amides is 1. The van der Waals surface area contributed by atoms with Crippen LogP contribution >= 0.6 is 0 Å². The van der Waals surface area contributed by atoms with Crippen molar-refractivity contribution >= 4 is 11.6 Å². The molecule has 2 aromatic rings. The third-order valence-corrected chi connectivity index (χ3v) is 2.84. The predicted molar refractivity (Wildman–Crippen MR) is 75.1 cm³/mol. The average molecular weight is 276 g/mol. The van der Waals surface area contributed by atoms with Crippen LogP contribution in [0.25, 0.3) is 0 Å². The number of anilines is 1. The first-order valence-corrected chi connectivity index (χ1v) is 6.54. The molecule has 0 aliphatic carbocycles. The van der Waals surface area contributed by atoms with Crippen molar-refractivity contribution in [1.82, 2.24) is 5.32 Å². The third kappa shape index (κ3) is 3.38. The minimum Gasteiger partial charge on any atom is -0.472 e. The van der Waals surface area contributed by atoms with Gasteiger partial charge < -0.3 is 15.1 Å². The summed E-state index contributed by atoms with van der Waals surface area (Å²) >= 11 is 0. The zero-order chi connectivity index (χ0) is 14.4. The highest BCUT2D eigenvalue weighted by Crippen LogP contribution is 2.20. The van der Waals surface area contributed by atoms with Gasteiger partial charge in [0.1, 0.15) is 5.82 Å². The van der Waals surface area contributed by atoms with Gasteiger partial charge in [0.05, 0.1) is 23.8 Å². The Bertz CT molecular complexity index is 567. The molecule has 2 N–H and O–H groups in total. The smallest absolute Gasteiger partial charge is 0.253 e. The van der Waals surface area contributed by atoms with Crippen LogP contribution in [0.15, 0.2) is 41.2 Å². The number of nitrogens with one attached hydrogen (secondary N) is 2. The molecule has 4 nitrogen and oxygen atoms in total. The van der Waals surface area contributed by atoms with E-state index in [0.717, 1.165) is 12.0 Å². The molecule has 0 saturated heterocycles. The fourth-order valence-corrected chi connectivity index (χ4v) is 1.81. The molecule has 2 rings (SSSR count). The third-order valence-electron chi connectivity index (χ3n) is 2.84. The summed E-state index contributed by atoms with van der Waals surface area (Å²) in [5.41, 5.74) is 1.42. The van der Waals surface area contributed by atoms with Gasteiger partial charge in [0.2, 0.25) is 0 Å². The minimum absolute atomic E-state index is 0.249. The van der Waals surface area contributed by atoms with Gasteiger partial charge in [0, 0.05) is 18.7 Å². The maximum absolute atomic E-state index is 13.8. The van der Waals surface area contributed by atoms with Crippen molar-refractivity contribution in [3.05, 3.63) is 53.7 Å². The van der Waals surface area contributed by atoms with Gasteiger partial charge in [0.15, 0.2) is 0 Å².